The first-order chi connectivity index (χ1) is 7.39. The highest BCUT2D eigenvalue weighted by Gasteiger charge is 2.37. The third kappa shape index (κ3) is 4.70. The smallest absolute Gasteiger partial charge is 0.365 e. The molecule has 16 heavy (non-hydrogen) atoms. The van der Waals surface area contributed by atoms with Crippen molar-refractivity contribution in [1.82, 2.24) is 5.32 Å². The van der Waals surface area contributed by atoms with Gasteiger partial charge < -0.3 is 10.1 Å². The van der Waals surface area contributed by atoms with Crippen molar-refractivity contribution in [3.8, 4) is 0 Å². The van der Waals surface area contributed by atoms with Crippen LogP contribution in [0.2, 0.25) is 0 Å². The predicted octanol–water partition coefficient (Wildman–Crippen LogP) is 2.87. The summed E-state index contributed by atoms with van der Waals surface area (Å²) in [5.41, 5.74) is 0. The lowest BCUT2D eigenvalue weighted by Gasteiger charge is -2.23. The van der Waals surface area contributed by atoms with Crippen LogP contribution in [0.5, 0.6) is 0 Å². The second-order valence-electron chi connectivity index (χ2n) is 4.52. The SMILES string of the molecule is CC(CNC1CCCC1)OC(C)C(F)(F)F. The number of rotatable bonds is 5. The number of halogens is 3. The van der Waals surface area contributed by atoms with Gasteiger partial charge in [0.15, 0.2) is 6.10 Å². The van der Waals surface area contributed by atoms with E-state index in [0.717, 1.165) is 19.8 Å². The van der Waals surface area contributed by atoms with Gasteiger partial charge in [0.05, 0.1) is 6.10 Å². The standard InChI is InChI=1S/C11H20F3NO/c1-8(16-9(2)11(12,13)14)7-15-10-5-3-4-6-10/h8-10,15H,3-7H2,1-2H3. The fourth-order valence-electron chi connectivity index (χ4n) is 1.94. The van der Waals surface area contributed by atoms with E-state index in [1.54, 1.807) is 6.92 Å². The molecule has 0 aliphatic heterocycles. The van der Waals surface area contributed by atoms with E-state index in [1.165, 1.54) is 12.8 Å². The molecule has 1 saturated carbocycles. The Balaban J connectivity index is 2.17. The van der Waals surface area contributed by atoms with E-state index in [1.807, 2.05) is 0 Å². The molecule has 96 valence electrons. The van der Waals surface area contributed by atoms with Gasteiger partial charge in [-0.1, -0.05) is 12.8 Å². The molecule has 2 unspecified atom stereocenters. The van der Waals surface area contributed by atoms with Crippen molar-refractivity contribution in [3.63, 3.8) is 0 Å². The Morgan fingerprint density at radius 2 is 1.81 bits per heavy atom. The molecule has 2 atom stereocenters. The molecule has 1 rings (SSSR count). The molecule has 0 amide bonds. The van der Waals surface area contributed by atoms with Crippen LogP contribution in [0.25, 0.3) is 0 Å². The largest absolute Gasteiger partial charge is 0.414 e. The van der Waals surface area contributed by atoms with E-state index in [0.29, 0.717) is 12.6 Å². The van der Waals surface area contributed by atoms with Gasteiger partial charge in [-0.05, 0) is 26.7 Å². The van der Waals surface area contributed by atoms with Crippen molar-refractivity contribution in [2.24, 2.45) is 0 Å². The molecule has 1 aliphatic carbocycles. The summed E-state index contributed by atoms with van der Waals surface area (Å²) < 4.78 is 41.5. The second-order valence-corrected chi connectivity index (χ2v) is 4.52. The van der Waals surface area contributed by atoms with Crippen molar-refractivity contribution in [3.05, 3.63) is 0 Å². The summed E-state index contributed by atoms with van der Waals surface area (Å²) in [5, 5.41) is 3.25. The third-order valence-corrected chi connectivity index (χ3v) is 2.95. The number of hydrogen-bond acceptors (Lipinski definition) is 2. The quantitative estimate of drug-likeness (QED) is 0.796. The van der Waals surface area contributed by atoms with Crippen molar-refractivity contribution in [2.45, 2.75) is 64.0 Å². The van der Waals surface area contributed by atoms with Crippen molar-refractivity contribution >= 4 is 0 Å². The van der Waals surface area contributed by atoms with Crippen LogP contribution in [0.15, 0.2) is 0 Å². The maximum Gasteiger partial charge on any atom is 0.414 e. The van der Waals surface area contributed by atoms with E-state index in [-0.39, 0.29) is 0 Å². The molecule has 0 aromatic heterocycles. The molecule has 0 bridgehead atoms. The van der Waals surface area contributed by atoms with Gasteiger partial charge in [-0.25, -0.2) is 0 Å². The Kier molecular flexibility index (Phi) is 5.05. The number of ether oxygens (including phenoxy) is 1. The first kappa shape index (κ1) is 13.8. The Morgan fingerprint density at radius 3 is 2.31 bits per heavy atom. The average Bonchev–Trinajstić information content (AvgIpc) is 2.65. The Morgan fingerprint density at radius 1 is 1.25 bits per heavy atom. The number of hydrogen-bond donors (Lipinski definition) is 1. The highest BCUT2D eigenvalue weighted by molar-refractivity contribution is 4.75. The summed E-state index contributed by atoms with van der Waals surface area (Å²) in [6.07, 6.45) is -1.67. The zero-order valence-corrected chi connectivity index (χ0v) is 9.81. The lowest BCUT2D eigenvalue weighted by molar-refractivity contribution is -0.224. The summed E-state index contributed by atoms with van der Waals surface area (Å²) in [4.78, 5) is 0. The van der Waals surface area contributed by atoms with Crippen LogP contribution in [-0.4, -0.2) is 31.0 Å². The zero-order chi connectivity index (χ0) is 12.2. The molecule has 0 spiro atoms. The van der Waals surface area contributed by atoms with Crippen LogP contribution in [0.3, 0.4) is 0 Å². The fraction of sp³-hybridized carbons (Fsp3) is 1.00. The number of alkyl halides is 3. The van der Waals surface area contributed by atoms with Gasteiger partial charge >= 0.3 is 6.18 Å². The molecule has 0 radical (unpaired) electrons. The molecule has 5 heteroatoms. The van der Waals surface area contributed by atoms with Crippen LogP contribution < -0.4 is 5.32 Å². The maximum atomic E-state index is 12.2. The van der Waals surface area contributed by atoms with E-state index in [4.69, 9.17) is 4.74 Å². The molecule has 1 N–H and O–H groups in total. The Labute approximate surface area is 94.5 Å². The van der Waals surface area contributed by atoms with Gasteiger partial charge in [0, 0.05) is 12.6 Å². The van der Waals surface area contributed by atoms with Gasteiger partial charge in [0.25, 0.3) is 0 Å². The van der Waals surface area contributed by atoms with Crippen molar-refractivity contribution < 1.29 is 17.9 Å². The minimum absolute atomic E-state index is 0.405. The van der Waals surface area contributed by atoms with E-state index < -0.39 is 18.4 Å². The molecular formula is C11H20F3NO. The van der Waals surface area contributed by atoms with Crippen molar-refractivity contribution in [1.29, 1.82) is 0 Å². The molecule has 0 saturated heterocycles. The highest BCUT2D eigenvalue weighted by atomic mass is 19.4. The average molecular weight is 239 g/mol. The van der Waals surface area contributed by atoms with Gasteiger partial charge in [-0.15, -0.1) is 0 Å². The Bertz CT molecular complexity index is 202. The molecule has 0 heterocycles. The van der Waals surface area contributed by atoms with Crippen LogP contribution >= 0.6 is 0 Å². The lowest BCUT2D eigenvalue weighted by Crippen LogP contribution is -2.38. The summed E-state index contributed by atoms with van der Waals surface area (Å²) >= 11 is 0. The number of nitrogens with one attached hydrogen (secondary N) is 1. The summed E-state index contributed by atoms with van der Waals surface area (Å²) in [6, 6.07) is 0.465. The topological polar surface area (TPSA) is 21.3 Å². The molecule has 0 aromatic rings. The van der Waals surface area contributed by atoms with E-state index in [2.05, 4.69) is 5.32 Å². The first-order valence-electron chi connectivity index (χ1n) is 5.85. The summed E-state index contributed by atoms with van der Waals surface area (Å²) in [6.45, 7) is 3.21. The molecule has 1 fully saturated rings. The van der Waals surface area contributed by atoms with Gasteiger partial charge in [-0.2, -0.15) is 13.2 Å². The third-order valence-electron chi connectivity index (χ3n) is 2.95. The van der Waals surface area contributed by atoms with Gasteiger partial charge in [0.1, 0.15) is 0 Å². The zero-order valence-electron chi connectivity index (χ0n) is 9.81. The predicted molar refractivity (Wildman–Crippen MR) is 56.3 cm³/mol. The minimum atomic E-state index is -4.26. The van der Waals surface area contributed by atoms with E-state index in [9.17, 15) is 13.2 Å². The maximum absolute atomic E-state index is 12.2. The van der Waals surface area contributed by atoms with E-state index >= 15 is 0 Å². The molecule has 2 nitrogen and oxygen atoms in total. The summed E-state index contributed by atoms with van der Waals surface area (Å²) in [5.74, 6) is 0. The first-order valence-corrected chi connectivity index (χ1v) is 5.85. The fourth-order valence-corrected chi connectivity index (χ4v) is 1.94. The molecule has 1 aliphatic rings. The van der Waals surface area contributed by atoms with Crippen molar-refractivity contribution in [2.75, 3.05) is 6.54 Å². The normalized spacial score (nSPS) is 22.3. The van der Waals surface area contributed by atoms with Crippen LogP contribution in [0, 0.1) is 0 Å². The lowest BCUT2D eigenvalue weighted by atomic mass is 10.2. The van der Waals surface area contributed by atoms with Gasteiger partial charge in [-0.3, -0.25) is 0 Å². The summed E-state index contributed by atoms with van der Waals surface area (Å²) in [7, 11) is 0. The molecule has 0 aromatic carbocycles. The second kappa shape index (κ2) is 5.87. The highest BCUT2D eigenvalue weighted by Crippen LogP contribution is 2.23. The molecular weight excluding hydrogens is 219 g/mol. The Hall–Kier alpha value is -0.290. The van der Waals surface area contributed by atoms with Crippen LogP contribution in [0.4, 0.5) is 13.2 Å². The minimum Gasteiger partial charge on any atom is -0.365 e. The monoisotopic (exact) mass is 239 g/mol. The van der Waals surface area contributed by atoms with Crippen LogP contribution in [-0.2, 0) is 4.74 Å². The van der Waals surface area contributed by atoms with Crippen LogP contribution in [0.1, 0.15) is 39.5 Å². The van der Waals surface area contributed by atoms with Gasteiger partial charge in [0.2, 0.25) is 0 Å².